The molecule has 5 heteroatoms. The van der Waals surface area contributed by atoms with Crippen LogP contribution in [0, 0.1) is 0 Å². The molecule has 0 atom stereocenters. The molecule has 0 aliphatic carbocycles. The minimum atomic E-state index is 0.711. The molecule has 0 saturated carbocycles. The number of halogens is 1. The summed E-state index contributed by atoms with van der Waals surface area (Å²) in [7, 11) is 2.01. The molecule has 0 aliphatic rings. The van der Waals surface area contributed by atoms with Gasteiger partial charge in [0.05, 0.1) is 23.9 Å². The zero-order chi connectivity index (χ0) is 11.8. The molecule has 0 amide bonds. The molecule has 2 aromatic heterocycles. The first-order valence-corrected chi connectivity index (χ1v) is 5.68. The van der Waals surface area contributed by atoms with Gasteiger partial charge < -0.3 is 9.13 Å². The number of hydrogen-bond acceptors (Lipinski definition) is 2. The Hall–Kier alpha value is -1.81. The molecule has 0 N–H and O–H groups in total. The van der Waals surface area contributed by atoms with Crippen molar-refractivity contribution in [3.8, 4) is 0 Å². The largest absolute Gasteiger partial charge is 0.330 e. The third-order valence-electron chi connectivity index (χ3n) is 2.82. The van der Waals surface area contributed by atoms with E-state index in [4.69, 9.17) is 11.6 Å². The van der Waals surface area contributed by atoms with E-state index in [1.165, 1.54) is 0 Å². The number of imidazole rings is 2. The third kappa shape index (κ3) is 1.80. The second kappa shape index (κ2) is 3.89. The Balaban J connectivity index is 2.08. The molecule has 4 nitrogen and oxygen atoms in total. The van der Waals surface area contributed by atoms with Crippen molar-refractivity contribution >= 4 is 22.6 Å². The summed E-state index contributed by atoms with van der Waals surface area (Å²) in [6.45, 7) is 0.711. The number of fused-ring (bicyclic) bond motifs is 1. The van der Waals surface area contributed by atoms with Crippen molar-refractivity contribution in [2.75, 3.05) is 0 Å². The predicted octanol–water partition coefficient (Wildman–Crippen LogP) is 2.47. The molecule has 0 bridgehead atoms. The lowest BCUT2D eigenvalue weighted by molar-refractivity contribution is 0.707. The molecule has 0 saturated heterocycles. The Morgan fingerprint density at radius 2 is 2.24 bits per heavy atom. The molecular formula is C12H11ClN4. The SMILES string of the molecule is Cn1c(Cn2ccnc2)nc2cc(Cl)ccc21. The Kier molecular flexibility index (Phi) is 2.37. The summed E-state index contributed by atoms with van der Waals surface area (Å²) in [5.41, 5.74) is 2.01. The van der Waals surface area contributed by atoms with Gasteiger partial charge in [-0.2, -0.15) is 0 Å². The quantitative estimate of drug-likeness (QED) is 0.696. The summed E-state index contributed by atoms with van der Waals surface area (Å²) in [6, 6.07) is 5.75. The van der Waals surface area contributed by atoms with E-state index in [2.05, 4.69) is 14.5 Å². The fraction of sp³-hybridized carbons (Fsp3) is 0.167. The summed E-state index contributed by atoms with van der Waals surface area (Å²) in [6.07, 6.45) is 5.47. The Bertz CT molecular complexity index is 655. The van der Waals surface area contributed by atoms with E-state index in [0.29, 0.717) is 11.6 Å². The second-order valence-electron chi connectivity index (χ2n) is 3.96. The van der Waals surface area contributed by atoms with E-state index in [1.54, 1.807) is 12.5 Å². The van der Waals surface area contributed by atoms with Gasteiger partial charge in [-0.3, -0.25) is 0 Å². The Labute approximate surface area is 103 Å². The fourth-order valence-electron chi connectivity index (χ4n) is 1.91. The van der Waals surface area contributed by atoms with Crippen LogP contribution < -0.4 is 0 Å². The smallest absolute Gasteiger partial charge is 0.129 e. The number of benzene rings is 1. The van der Waals surface area contributed by atoms with Crippen molar-refractivity contribution in [3.63, 3.8) is 0 Å². The van der Waals surface area contributed by atoms with Gasteiger partial charge in [0.25, 0.3) is 0 Å². The highest BCUT2D eigenvalue weighted by Gasteiger charge is 2.08. The minimum absolute atomic E-state index is 0.711. The summed E-state index contributed by atoms with van der Waals surface area (Å²) < 4.78 is 4.06. The van der Waals surface area contributed by atoms with Gasteiger partial charge >= 0.3 is 0 Å². The maximum absolute atomic E-state index is 5.96. The summed E-state index contributed by atoms with van der Waals surface area (Å²) in [5, 5.41) is 0.713. The molecule has 3 aromatic rings. The highest BCUT2D eigenvalue weighted by molar-refractivity contribution is 6.31. The van der Waals surface area contributed by atoms with Crippen LogP contribution in [-0.4, -0.2) is 19.1 Å². The normalized spacial score (nSPS) is 11.2. The average molecular weight is 247 g/mol. The first-order chi connectivity index (χ1) is 8.24. The fourth-order valence-corrected chi connectivity index (χ4v) is 2.07. The van der Waals surface area contributed by atoms with Crippen LogP contribution in [0.1, 0.15) is 5.82 Å². The van der Waals surface area contributed by atoms with Gasteiger partial charge in [0, 0.05) is 24.5 Å². The zero-order valence-electron chi connectivity index (χ0n) is 9.34. The van der Waals surface area contributed by atoms with E-state index < -0.39 is 0 Å². The monoisotopic (exact) mass is 246 g/mol. The number of aryl methyl sites for hydroxylation is 1. The van der Waals surface area contributed by atoms with Gasteiger partial charge in [-0.1, -0.05) is 11.6 Å². The van der Waals surface area contributed by atoms with E-state index >= 15 is 0 Å². The van der Waals surface area contributed by atoms with Crippen LogP contribution in [0.3, 0.4) is 0 Å². The molecule has 17 heavy (non-hydrogen) atoms. The van der Waals surface area contributed by atoms with Crippen LogP contribution in [0.2, 0.25) is 5.02 Å². The molecule has 2 heterocycles. The van der Waals surface area contributed by atoms with Crippen molar-refractivity contribution in [3.05, 3.63) is 47.8 Å². The third-order valence-corrected chi connectivity index (χ3v) is 3.05. The van der Waals surface area contributed by atoms with Crippen LogP contribution in [0.4, 0.5) is 0 Å². The van der Waals surface area contributed by atoms with Crippen LogP contribution in [0.5, 0.6) is 0 Å². The number of aromatic nitrogens is 4. The molecule has 0 spiro atoms. The average Bonchev–Trinajstić information content (AvgIpc) is 2.89. The standard InChI is InChI=1S/C12H11ClN4/c1-16-11-3-2-9(13)6-10(11)15-12(16)7-17-5-4-14-8-17/h2-6,8H,7H2,1H3. The van der Waals surface area contributed by atoms with Gasteiger partial charge in [0.2, 0.25) is 0 Å². The van der Waals surface area contributed by atoms with Crippen molar-refractivity contribution in [2.24, 2.45) is 7.05 Å². The summed E-state index contributed by atoms with van der Waals surface area (Å²) in [5.74, 6) is 0.986. The highest BCUT2D eigenvalue weighted by atomic mass is 35.5. The number of hydrogen-bond donors (Lipinski definition) is 0. The van der Waals surface area contributed by atoms with Gasteiger partial charge in [0.1, 0.15) is 5.82 Å². The van der Waals surface area contributed by atoms with Gasteiger partial charge in [0.15, 0.2) is 0 Å². The van der Waals surface area contributed by atoms with Crippen LogP contribution >= 0.6 is 11.6 Å². The molecule has 0 fully saturated rings. The van der Waals surface area contributed by atoms with E-state index in [9.17, 15) is 0 Å². The maximum atomic E-state index is 5.96. The number of nitrogens with zero attached hydrogens (tertiary/aromatic N) is 4. The molecule has 1 aromatic carbocycles. The number of rotatable bonds is 2. The summed E-state index contributed by atoms with van der Waals surface area (Å²) in [4.78, 5) is 8.60. The predicted molar refractivity (Wildman–Crippen MR) is 67.1 cm³/mol. The van der Waals surface area contributed by atoms with E-state index in [0.717, 1.165) is 16.9 Å². The Morgan fingerprint density at radius 3 is 3.00 bits per heavy atom. The minimum Gasteiger partial charge on any atom is -0.330 e. The van der Waals surface area contributed by atoms with Gasteiger partial charge in [-0.15, -0.1) is 0 Å². The van der Waals surface area contributed by atoms with Crippen molar-refractivity contribution in [1.82, 2.24) is 19.1 Å². The molecule has 3 rings (SSSR count). The molecule has 0 aliphatic heterocycles. The van der Waals surface area contributed by atoms with Crippen molar-refractivity contribution in [2.45, 2.75) is 6.54 Å². The van der Waals surface area contributed by atoms with Crippen LogP contribution in [0.25, 0.3) is 11.0 Å². The van der Waals surface area contributed by atoms with Crippen molar-refractivity contribution < 1.29 is 0 Å². The second-order valence-corrected chi connectivity index (χ2v) is 4.39. The van der Waals surface area contributed by atoms with Crippen LogP contribution in [-0.2, 0) is 13.6 Å². The van der Waals surface area contributed by atoms with Gasteiger partial charge in [-0.05, 0) is 18.2 Å². The topological polar surface area (TPSA) is 35.6 Å². The zero-order valence-corrected chi connectivity index (χ0v) is 10.1. The maximum Gasteiger partial charge on any atom is 0.129 e. The lowest BCUT2D eigenvalue weighted by Gasteiger charge is -2.02. The van der Waals surface area contributed by atoms with Crippen molar-refractivity contribution in [1.29, 1.82) is 0 Å². The first kappa shape index (κ1) is 10.4. The molecular weight excluding hydrogens is 236 g/mol. The lowest BCUT2D eigenvalue weighted by Crippen LogP contribution is -2.03. The lowest BCUT2D eigenvalue weighted by atomic mass is 10.3. The van der Waals surface area contributed by atoms with Crippen LogP contribution in [0.15, 0.2) is 36.9 Å². The Morgan fingerprint density at radius 1 is 1.35 bits per heavy atom. The molecule has 86 valence electrons. The van der Waals surface area contributed by atoms with E-state index in [-0.39, 0.29) is 0 Å². The van der Waals surface area contributed by atoms with E-state index in [1.807, 2.05) is 36.0 Å². The first-order valence-electron chi connectivity index (χ1n) is 5.30. The molecule has 0 radical (unpaired) electrons. The van der Waals surface area contributed by atoms with Gasteiger partial charge in [-0.25, -0.2) is 9.97 Å². The molecule has 0 unspecified atom stereocenters. The summed E-state index contributed by atoms with van der Waals surface area (Å²) >= 11 is 5.96. The highest BCUT2D eigenvalue weighted by Crippen LogP contribution is 2.19.